The lowest BCUT2D eigenvalue weighted by Crippen LogP contribution is -2.52. The van der Waals surface area contributed by atoms with E-state index in [-0.39, 0.29) is 23.8 Å². The van der Waals surface area contributed by atoms with Gasteiger partial charge in [0.15, 0.2) is 0 Å². The Morgan fingerprint density at radius 2 is 2.18 bits per heavy atom. The molecule has 3 unspecified atom stereocenters. The molecule has 3 aliphatic rings. The average molecular weight is 377 g/mol. The van der Waals surface area contributed by atoms with Crippen LogP contribution in [0.15, 0.2) is 71.6 Å². The van der Waals surface area contributed by atoms with Crippen molar-refractivity contribution in [2.45, 2.75) is 32.2 Å². The van der Waals surface area contributed by atoms with E-state index in [9.17, 15) is 4.79 Å². The van der Waals surface area contributed by atoms with Crippen molar-refractivity contribution in [3.8, 4) is 0 Å². The number of fused-ring (bicyclic) bond motifs is 1. The predicted molar refractivity (Wildman–Crippen MR) is 111 cm³/mol. The lowest BCUT2D eigenvalue weighted by Gasteiger charge is -2.39. The molecule has 5 nitrogen and oxygen atoms in total. The van der Waals surface area contributed by atoms with Crippen LogP contribution in [0.4, 0.5) is 5.69 Å². The third kappa shape index (κ3) is 3.76. The number of hydrogen-bond donors (Lipinski definition) is 3. The van der Waals surface area contributed by atoms with E-state index in [4.69, 9.17) is 4.74 Å². The zero-order chi connectivity index (χ0) is 19.5. The Morgan fingerprint density at radius 3 is 2.93 bits per heavy atom. The number of carbonyl (C=O) groups is 1. The summed E-state index contributed by atoms with van der Waals surface area (Å²) >= 11 is 0. The molecule has 1 aromatic carbocycles. The van der Waals surface area contributed by atoms with Crippen molar-refractivity contribution >= 4 is 11.7 Å². The number of nitrogens with one attached hydrogen (secondary N) is 3. The molecular weight excluding hydrogens is 350 g/mol. The standard InChI is InChI=1S/C23H27N3O2/c1-15-6-5-7-18(14-15)24-22-20-9-4-3-8-19(20)21(25-26-22)16-10-12-17(13-11-16)23(27)28-2/h3,5-8,10-12,14,17,19,21,24-26H,4,9,13H2,1-2H3. The summed E-state index contributed by atoms with van der Waals surface area (Å²) in [6, 6.07) is 8.54. The predicted octanol–water partition coefficient (Wildman–Crippen LogP) is 3.74. The van der Waals surface area contributed by atoms with Crippen LogP contribution in [0, 0.1) is 18.8 Å². The minimum atomic E-state index is -0.180. The first kappa shape index (κ1) is 18.6. The molecule has 5 heteroatoms. The molecule has 0 bridgehead atoms. The van der Waals surface area contributed by atoms with Crippen LogP contribution in [-0.2, 0) is 9.53 Å². The fourth-order valence-electron chi connectivity index (χ4n) is 4.15. The van der Waals surface area contributed by atoms with Crippen LogP contribution < -0.4 is 16.2 Å². The number of aryl methyl sites for hydroxylation is 1. The number of anilines is 1. The van der Waals surface area contributed by atoms with Crippen molar-refractivity contribution in [1.82, 2.24) is 10.9 Å². The molecule has 0 saturated carbocycles. The summed E-state index contributed by atoms with van der Waals surface area (Å²) in [6.07, 6.45) is 13.5. The number of benzene rings is 1. The molecule has 0 fully saturated rings. The Hall–Kier alpha value is -2.79. The van der Waals surface area contributed by atoms with E-state index in [2.05, 4.69) is 71.7 Å². The molecule has 0 radical (unpaired) electrons. The minimum Gasteiger partial charge on any atom is -0.469 e. The van der Waals surface area contributed by atoms with Crippen molar-refractivity contribution in [1.29, 1.82) is 0 Å². The molecule has 3 atom stereocenters. The second-order valence-electron chi connectivity index (χ2n) is 7.56. The number of methoxy groups -OCH3 is 1. The lowest BCUT2D eigenvalue weighted by molar-refractivity contribution is -0.143. The zero-order valence-electron chi connectivity index (χ0n) is 16.4. The average Bonchev–Trinajstić information content (AvgIpc) is 2.74. The molecular formula is C23H27N3O2. The topological polar surface area (TPSA) is 62.4 Å². The second kappa shape index (κ2) is 8.07. The first-order valence-electron chi connectivity index (χ1n) is 9.86. The van der Waals surface area contributed by atoms with Gasteiger partial charge in [-0.1, -0.05) is 42.5 Å². The fraction of sp³-hybridized carbons (Fsp3) is 0.348. The first-order chi connectivity index (χ1) is 13.7. The highest BCUT2D eigenvalue weighted by molar-refractivity contribution is 5.75. The fourth-order valence-corrected chi connectivity index (χ4v) is 4.15. The van der Waals surface area contributed by atoms with E-state index in [0.29, 0.717) is 6.42 Å². The third-order valence-corrected chi connectivity index (χ3v) is 5.64. The van der Waals surface area contributed by atoms with Crippen molar-refractivity contribution in [3.63, 3.8) is 0 Å². The van der Waals surface area contributed by atoms with Gasteiger partial charge in [0, 0.05) is 11.6 Å². The molecule has 0 amide bonds. The number of carbonyl (C=O) groups excluding carboxylic acids is 1. The number of hydrogen-bond acceptors (Lipinski definition) is 5. The Bertz CT molecular complexity index is 882. The van der Waals surface area contributed by atoms with Crippen molar-refractivity contribution in [3.05, 3.63) is 77.2 Å². The number of rotatable bonds is 4. The smallest absolute Gasteiger partial charge is 0.312 e. The summed E-state index contributed by atoms with van der Waals surface area (Å²) in [5.74, 6) is 0.974. The molecule has 1 aromatic rings. The molecule has 146 valence electrons. The van der Waals surface area contributed by atoms with Gasteiger partial charge < -0.3 is 15.5 Å². The SMILES string of the molecule is COC(=O)C1C=CC(C2NNC(Nc3cccc(C)c3)=C3CCC=CC32)=CC1. The summed E-state index contributed by atoms with van der Waals surface area (Å²) in [4.78, 5) is 11.8. The van der Waals surface area contributed by atoms with E-state index >= 15 is 0 Å². The van der Waals surface area contributed by atoms with Crippen LogP contribution in [0.1, 0.15) is 24.8 Å². The van der Waals surface area contributed by atoms with Gasteiger partial charge in [-0.25, -0.2) is 5.43 Å². The van der Waals surface area contributed by atoms with Crippen LogP contribution >= 0.6 is 0 Å². The van der Waals surface area contributed by atoms with Gasteiger partial charge in [-0.2, -0.15) is 0 Å². The van der Waals surface area contributed by atoms with Crippen LogP contribution in [0.2, 0.25) is 0 Å². The molecule has 2 aliphatic carbocycles. The summed E-state index contributed by atoms with van der Waals surface area (Å²) in [7, 11) is 1.44. The molecule has 0 aromatic heterocycles. The van der Waals surface area contributed by atoms with Gasteiger partial charge >= 0.3 is 5.97 Å². The molecule has 1 heterocycles. The Labute approximate surface area is 166 Å². The van der Waals surface area contributed by atoms with Crippen LogP contribution in [-0.4, -0.2) is 19.1 Å². The third-order valence-electron chi connectivity index (χ3n) is 5.64. The Kier molecular flexibility index (Phi) is 5.35. The number of hydrazine groups is 1. The molecule has 4 rings (SSSR count). The summed E-state index contributed by atoms with van der Waals surface area (Å²) in [5, 5.41) is 3.55. The normalized spacial score (nSPS) is 26.2. The quantitative estimate of drug-likeness (QED) is 0.551. The van der Waals surface area contributed by atoms with Crippen molar-refractivity contribution in [2.24, 2.45) is 11.8 Å². The molecule has 3 N–H and O–H groups in total. The highest BCUT2D eigenvalue weighted by Gasteiger charge is 2.33. The Balaban J connectivity index is 1.55. The van der Waals surface area contributed by atoms with Crippen LogP contribution in [0.25, 0.3) is 0 Å². The van der Waals surface area contributed by atoms with Gasteiger partial charge in [-0.3, -0.25) is 4.79 Å². The minimum absolute atomic E-state index is 0.143. The van der Waals surface area contributed by atoms with Gasteiger partial charge in [0.2, 0.25) is 0 Å². The number of esters is 1. The zero-order valence-corrected chi connectivity index (χ0v) is 16.4. The Morgan fingerprint density at radius 1 is 1.29 bits per heavy atom. The van der Waals surface area contributed by atoms with E-state index in [1.807, 2.05) is 6.08 Å². The van der Waals surface area contributed by atoms with Crippen LogP contribution in [0.3, 0.4) is 0 Å². The van der Waals surface area contributed by atoms with Gasteiger partial charge in [-0.05, 0) is 55.0 Å². The van der Waals surface area contributed by atoms with E-state index < -0.39 is 0 Å². The maximum absolute atomic E-state index is 11.8. The van der Waals surface area contributed by atoms with E-state index in [0.717, 1.165) is 24.4 Å². The van der Waals surface area contributed by atoms with Gasteiger partial charge in [0.25, 0.3) is 0 Å². The maximum Gasteiger partial charge on any atom is 0.312 e. The van der Waals surface area contributed by atoms with E-state index in [1.165, 1.54) is 23.8 Å². The monoisotopic (exact) mass is 377 g/mol. The molecule has 1 aliphatic heterocycles. The molecule has 0 spiro atoms. The van der Waals surface area contributed by atoms with Crippen molar-refractivity contribution in [2.75, 3.05) is 12.4 Å². The second-order valence-corrected chi connectivity index (χ2v) is 7.56. The molecule has 0 saturated heterocycles. The van der Waals surface area contributed by atoms with Crippen LogP contribution in [0.5, 0.6) is 0 Å². The number of ether oxygens (including phenoxy) is 1. The summed E-state index contributed by atoms with van der Waals surface area (Å²) < 4.78 is 4.86. The van der Waals surface area contributed by atoms with Gasteiger partial charge in [0.1, 0.15) is 5.82 Å². The lowest BCUT2D eigenvalue weighted by atomic mass is 9.78. The van der Waals surface area contributed by atoms with Crippen molar-refractivity contribution < 1.29 is 9.53 Å². The summed E-state index contributed by atoms with van der Waals surface area (Å²) in [6.45, 7) is 2.10. The first-order valence-corrected chi connectivity index (χ1v) is 9.86. The largest absolute Gasteiger partial charge is 0.469 e. The maximum atomic E-state index is 11.8. The molecule has 28 heavy (non-hydrogen) atoms. The summed E-state index contributed by atoms with van der Waals surface area (Å²) in [5.41, 5.74) is 11.8. The van der Waals surface area contributed by atoms with Gasteiger partial charge in [0.05, 0.1) is 19.1 Å². The number of allylic oxidation sites excluding steroid dienone is 2. The van der Waals surface area contributed by atoms with E-state index in [1.54, 1.807) is 0 Å². The van der Waals surface area contributed by atoms with Gasteiger partial charge in [-0.15, -0.1) is 0 Å². The highest BCUT2D eigenvalue weighted by Crippen LogP contribution is 2.35. The highest BCUT2D eigenvalue weighted by atomic mass is 16.5.